The lowest BCUT2D eigenvalue weighted by atomic mass is 10.0. The Morgan fingerprint density at radius 3 is 2.29 bits per heavy atom. The maximum Gasteiger partial charge on any atom is 0.270 e. The lowest BCUT2D eigenvalue weighted by molar-refractivity contribution is -0.384. The molecule has 0 bridgehead atoms. The van der Waals surface area contributed by atoms with E-state index in [0.717, 1.165) is 11.6 Å². The Morgan fingerprint density at radius 2 is 1.77 bits per heavy atom. The topological polar surface area (TPSA) is 105 Å². The summed E-state index contributed by atoms with van der Waals surface area (Å²) in [4.78, 5) is 37.8. The van der Waals surface area contributed by atoms with E-state index in [9.17, 15) is 19.7 Å². The Morgan fingerprint density at radius 1 is 1.13 bits per heavy atom. The minimum absolute atomic E-state index is 0.0298. The highest BCUT2D eigenvalue weighted by Gasteiger charge is 2.27. The molecule has 31 heavy (non-hydrogen) atoms. The average Bonchev–Trinajstić information content (AvgIpc) is 2.71. The van der Waals surface area contributed by atoms with Crippen LogP contribution >= 0.6 is 11.6 Å². The maximum atomic E-state index is 12.9. The second-order valence-corrected chi connectivity index (χ2v) is 8.16. The molecule has 2 aromatic carbocycles. The fraction of sp³-hybridized carbons (Fsp3) is 0.364. The van der Waals surface area contributed by atoms with Gasteiger partial charge in [-0.25, -0.2) is 0 Å². The zero-order chi connectivity index (χ0) is 23.1. The van der Waals surface area contributed by atoms with Crippen LogP contribution in [0, 0.1) is 16.0 Å². The van der Waals surface area contributed by atoms with Gasteiger partial charge in [-0.3, -0.25) is 19.7 Å². The first-order valence-electron chi connectivity index (χ1n) is 9.85. The van der Waals surface area contributed by atoms with Crippen LogP contribution in [0.4, 0.5) is 5.69 Å². The first-order valence-corrected chi connectivity index (χ1v) is 10.2. The van der Waals surface area contributed by atoms with E-state index in [1.165, 1.54) is 12.1 Å². The summed E-state index contributed by atoms with van der Waals surface area (Å²) in [5, 5.41) is 16.4. The molecule has 2 rings (SSSR count). The van der Waals surface area contributed by atoms with Crippen molar-refractivity contribution < 1.29 is 14.5 Å². The highest BCUT2D eigenvalue weighted by Crippen LogP contribution is 2.23. The second kappa shape index (κ2) is 10.9. The van der Waals surface area contributed by atoms with Gasteiger partial charge in [0.1, 0.15) is 6.04 Å². The zero-order valence-corrected chi connectivity index (χ0v) is 18.7. The van der Waals surface area contributed by atoms with Crippen LogP contribution in [0.2, 0.25) is 5.02 Å². The molecule has 1 unspecified atom stereocenters. The Kier molecular flexibility index (Phi) is 8.53. The predicted octanol–water partition coefficient (Wildman–Crippen LogP) is 3.42. The minimum atomic E-state index is -0.794. The fourth-order valence-corrected chi connectivity index (χ4v) is 3.40. The molecule has 0 aliphatic heterocycles. The fourth-order valence-electron chi connectivity index (χ4n) is 3.14. The molecule has 0 aliphatic rings. The molecule has 0 saturated carbocycles. The molecule has 166 valence electrons. The smallest absolute Gasteiger partial charge is 0.270 e. The summed E-state index contributed by atoms with van der Waals surface area (Å²) < 4.78 is 0. The average molecular weight is 447 g/mol. The molecule has 2 atom stereocenters. The SMILES string of the molecule is CC(C)[C@H](NC(=O)c1ccc([N+](=O)[O-])cc1Cl)C(=O)NCC(c1ccccc1)N(C)C. The molecule has 0 fully saturated rings. The van der Waals surface area contributed by atoms with Gasteiger partial charge in [-0.15, -0.1) is 0 Å². The van der Waals surface area contributed by atoms with Crippen LogP contribution in [-0.2, 0) is 4.79 Å². The van der Waals surface area contributed by atoms with Crippen LogP contribution in [0.1, 0.15) is 35.8 Å². The van der Waals surface area contributed by atoms with Crippen molar-refractivity contribution in [3.8, 4) is 0 Å². The van der Waals surface area contributed by atoms with E-state index in [0.29, 0.717) is 6.54 Å². The van der Waals surface area contributed by atoms with Crippen molar-refractivity contribution in [1.29, 1.82) is 0 Å². The molecule has 2 N–H and O–H groups in total. The predicted molar refractivity (Wildman–Crippen MR) is 120 cm³/mol. The van der Waals surface area contributed by atoms with Crippen molar-refractivity contribution in [2.24, 2.45) is 5.92 Å². The van der Waals surface area contributed by atoms with Crippen molar-refractivity contribution in [3.63, 3.8) is 0 Å². The summed E-state index contributed by atoms with van der Waals surface area (Å²) in [7, 11) is 3.87. The number of nitrogens with one attached hydrogen (secondary N) is 2. The standard InChI is InChI=1S/C22H27ClN4O4/c1-14(2)20(25-21(28)17-11-10-16(27(30)31)12-18(17)23)22(29)24-13-19(26(3)4)15-8-6-5-7-9-15/h5-12,14,19-20H,13H2,1-4H3,(H,24,29)(H,25,28)/t19?,20-/m0/s1. The Balaban J connectivity index is 2.10. The quantitative estimate of drug-likeness (QED) is 0.453. The number of rotatable bonds is 9. The molecule has 0 saturated heterocycles. The third-order valence-corrected chi connectivity index (χ3v) is 5.23. The molecule has 0 radical (unpaired) electrons. The summed E-state index contributed by atoms with van der Waals surface area (Å²) >= 11 is 6.04. The number of amides is 2. The summed E-state index contributed by atoms with van der Waals surface area (Å²) in [5.74, 6) is -1.07. The van der Waals surface area contributed by atoms with Crippen LogP contribution in [-0.4, -0.2) is 48.3 Å². The van der Waals surface area contributed by atoms with E-state index in [1.807, 2.05) is 63.2 Å². The number of carbonyl (C=O) groups is 2. The van der Waals surface area contributed by atoms with Crippen molar-refractivity contribution in [2.45, 2.75) is 25.9 Å². The monoisotopic (exact) mass is 446 g/mol. The zero-order valence-electron chi connectivity index (χ0n) is 18.0. The van der Waals surface area contributed by atoms with E-state index in [2.05, 4.69) is 10.6 Å². The Hall–Kier alpha value is -2.97. The summed E-state index contributed by atoms with van der Waals surface area (Å²) in [6.07, 6.45) is 0. The van der Waals surface area contributed by atoms with Gasteiger partial charge in [0.15, 0.2) is 0 Å². The second-order valence-electron chi connectivity index (χ2n) is 7.75. The van der Waals surface area contributed by atoms with Crippen molar-refractivity contribution in [1.82, 2.24) is 15.5 Å². The molecule has 9 heteroatoms. The van der Waals surface area contributed by atoms with Gasteiger partial charge in [0.2, 0.25) is 5.91 Å². The number of hydrogen-bond donors (Lipinski definition) is 2. The molecule has 0 aromatic heterocycles. The molecule has 2 amide bonds. The molecular weight excluding hydrogens is 420 g/mol. The van der Waals surface area contributed by atoms with E-state index in [4.69, 9.17) is 11.6 Å². The lowest BCUT2D eigenvalue weighted by Crippen LogP contribution is -2.51. The third kappa shape index (κ3) is 6.50. The number of halogens is 1. The molecule has 0 aliphatic carbocycles. The molecule has 2 aromatic rings. The van der Waals surface area contributed by atoms with Crippen molar-refractivity contribution in [3.05, 3.63) is 74.8 Å². The molecular formula is C22H27ClN4O4. The van der Waals surface area contributed by atoms with Gasteiger partial charge in [0, 0.05) is 18.7 Å². The first kappa shape index (κ1) is 24.3. The number of hydrogen-bond acceptors (Lipinski definition) is 5. The van der Waals surface area contributed by atoms with Gasteiger partial charge in [-0.05, 0) is 31.6 Å². The first-order chi connectivity index (χ1) is 14.6. The molecule has 8 nitrogen and oxygen atoms in total. The summed E-state index contributed by atoms with van der Waals surface area (Å²) in [6, 6.07) is 12.6. The number of nitro benzene ring substituents is 1. The van der Waals surface area contributed by atoms with Crippen molar-refractivity contribution >= 4 is 29.1 Å². The van der Waals surface area contributed by atoms with Gasteiger partial charge in [0.05, 0.1) is 21.6 Å². The van der Waals surface area contributed by atoms with Gasteiger partial charge < -0.3 is 15.5 Å². The number of benzene rings is 2. The van der Waals surface area contributed by atoms with Crippen LogP contribution in [0.25, 0.3) is 0 Å². The van der Waals surface area contributed by atoms with Crippen LogP contribution < -0.4 is 10.6 Å². The number of carbonyl (C=O) groups excluding carboxylic acids is 2. The van der Waals surface area contributed by atoms with E-state index in [-0.39, 0.29) is 34.1 Å². The highest BCUT2D eigenvalue weighted by atomic mass is 35.5. The molecule has 0 heterocycles. The van der Waals surface area contributed by atoms with Crippen LogP contribution in [0.3, 0.4) is 0 Å². The third-order valence-electron chi connectivity index (χ3n) is 4.92. The number of nitro groups is 1. The number of likely N-dealkylation sites (N-methyl/N-ethyl adjacent to an activating group) is 1. The maximum absolute atomic E-state index is 12.9. The summed E-state index contributed by atoms with van der Waals surface area (Å²) in [6.45, 7) is 4.01. The van der Waals surface area contributed by atoms with Gasteiger partial charge in [-0.1, -0.05) is 55.8 Å². The van der Waals surface area contributed by atoms with Crippen molar-refractivity contribution in [2.75, 3.05) is 20.6 Å². The van der Waals surface area contributed by atoms with E-state index >= 15 is 0 Å². The number of nitrogens with zero attached hydrogens (tertiary/aromatic N) is 2. The Bertz CT molecular complexity index is 934. The lowest BCUT2D eigenvalue weighted by Gasteiger charge is -2.27. The van der Waals surface area contributed by atoms with Crippen LogP contribution in [0.15, 0.2) is 48.5 Å². The normalized spacial score (nSPS) is 13.0. The largest absolute Gasteiger partial charge is 0.352 e. The molecule has 0 spiro atoms. The Labute approximate surface area is 186 Å². The van der Waals surface area contributed by atoms with Gasteiger partial charge in [-0.2, -0.15) is 0 Å². The van der Waals surface area contributed by atoms with Crippen LogP contribution in [0.5, 0.6) is 0 Å². The highest BCUT2D eigenvalue weighted by molar-refractivity contribution is 6.34. The van der Waals surface area contributed by atoms with Gasteiger partial charge in [0.25, 0.3) is 11.6 Å². The minimum Gasteiger partial charge on any atom is -0.352 e. The van der Waals surface area contributed by atoms with Gasteiger partial charge >= 0.3 is 0 Å². The van der Waals surface area contributed by atoms with E-state index < -0.39 is 16.9 Å². The number of non-ortho nitro benzene ring substituents is 1. The summed E-state index contributed by atoms with van der Waals surface area (Å²) in [5.41, 5.74) is 0.923. The van der Waals surface area contributed by atoms with E-state index in [1.54, 1.807) is 0 Å².